The summed E-state index contributed by atoms with van der Waals surface area (Å²) in [7, 11) is 0. The van der Waals surface area contributed by atoms with Crippen molar-refractivity contribution in [2.45, 2.75) is 55.4 Å². The lowest BCUT2D eigenvalue weighted by Gasteiger charge is -2.15. The quantitative estimate of drug-likeness (QED) is 0.143. The molecule has 0 bridgehead atoms. The number of aryl methyl sites for hydroxylation is 8. The fourth-order valence-corrected chi connectivity index (χ4v) is 15.9. The predicted octanol–water partition coefficient (Wildman–Crippen LogP) is 22.9. The normalized spacial score (nSPS) is 11.5. The molecule has 0 radical (unpaired) electrons. The lowest BCUT2D eigenvalue weighted by molar-refractivity contribution is 1.15. The monoisotopic (exact) mass is 1240 g/mol. The standard InChI is InChI=1S/C90H63N7/c1-52-16-12-17-53(2)85(52)62-28-34-79-75(42-62)76-43-63(86-54(3)18-13-19-55(86)4)29-35-80(76)96(79)89-68(48-91)38-66(39-69(89)49-92)60-26-32-73-74-33-27-61(47-84(74)95(83(73)46-60)72-24-10-9-11-25-72)67-40-70(50-93)90(71(41-67)51-94)97-81-36-30-64(87-56(5)20-14-21-57(87)6)44-77(81)78-45-65(31-37-82(78)97)88-58(7)22-15-23-59(88)8/h9-47H,1-8H3. The van der Waals surface area contributed by atoms with E-state index in [0.717, 1.165) is 116 Å². The Hall–Kier alpha value is -12.8. The second-order valence-electron chi connectivity index (χ2n) is 26.1. The highest BCUT2D eigenvalue weighted by Gasteiger charge is 2.26. The van der Waals surface area contributed by atoms with E-state index in [0.29, 0.717) is 33.6 Å². The number of hydrogen-bond acceptors (Lipinski definition) is 4. The molecule has 13 aromatic carbocycles. The highest BCUT2D eigenvalue weighted by molar-refractivity contribution is 6.15. The number of para-hydroxylation sites is 1. The van der Waals surface area contributed by atoms with Crippen LogP contribution in [0.25, 0.3) is 149 Å². The summed E-state index contributed by atoms with van der Waals surface area (Å²) in [6, 6.07) is 92.9. The Balaban J connectivity index is 0.840. The van der Waals surface area contributed by atoms with Crippen LogP contribution in [0, 0.1) is 101 Å². The van der Waals surface area contributed by atoms with Crippen molar-refractivity contribution < 1.29 is 0 Å². The van der Waals surface area contributed by atoms with Crippen LogP contribution < -0.4 is 0 Å². The zero-order valence-electron chi connectivity index (χ0n) is 55.1. The van der Waals surface area contributed by atoms with Crippen molar-refractivity contribution in [3.05, 3.63) is 303 Å². The molecule has 0 fully saturated rings. The number of benzene rings is 13. The first-order valence-electron chi connectivity index (χ1n) is 32.8. The molecule has 7 heteroatoms. The van der Waals surface area contributed by atoms with Gasteiger partial charge in [0.15, 0.2) is 0 Å². The third-order valence-corrected chi connectivity index (χ3v) is 20.2. The van der Waals surface area contributed by atoms with Crippen LogP contribution in [0.2, 0.25) is 0 Å². The maximum Gasteiger partial charge on any atom is 0.101 e. The van der Waals surface area contributed by atoms with Crippen LogP contribution in [0.3, 0.4) is 0 Å². The SMILES string of the molecule is Cc1cccc(C)c1-c1ccc2c(c1)c1cc(-c3c(C)cccc3C)ccc1n2-c1c(C#N)cc(-c2ccc3c4ccc(-c5cc(C#N)c(-n6c7ccc(-c8c(C)cccc8C)cc7c7cc(-c8c(C)cccc8C)ccc76)c(C#N)c5)cc4n(-c4ccccc4)c3c2)cc1C#N. The van der Waals surface area contributed by atoms with Crippen LogP contribution in [0.4, 0.5) is 0 Å². The molecule has 16 rings (SSSR count). The first kappa shape index (κ1) is 59.2. The average Bonchev–Trinajstić information content (AvgIpc) is 1.59. The molecule has 0 spiro atoms. The van der Waals surface area contributed by atoms with Crippen LogP contribution in [-0.4, -0.2) is 13.7 Å². The summed E-state index contributed by atoms with van der Waals surface area (Å²) in [5.74, 6) is 0. The number of aromatic nitrogens is 3. The smallest absolute Gasteiger partial charge is 0.101 e. The lowest BCUT2D eigenvalue weighted by atomic mass is 9.93. The first-order valence-corrected chi connectivity index (χ1v) is 32.8. The summed E-state index contributed by atoms with van der Waals surface area (Å²) in [6.45, 7) is 17.2. The minimum absolute atomic E-state index is 0.376. The van der Waals surface area contributed by atoms with E-state index in [4.69, 9.17) is 0 Å². The summed E-state index contributed by atoms with van der Waals surface area (Å²) in [5.41, 5.74) is 30.8. The van der Waals surface area contributed by atoms with Crippen molar-refractivity contribution in [1.82, 2.24) is 13.7 Å². The molecule has 0 aliphatic rings. The fraction of sp³-hybridized carbons (Fsp3) is 0.0889. The van der Waals surface area contributed by atoms with Gasteiger partial charge in [0.1, 0.15) is 24.3 Å². The summed E-state index contributed by atoms with van der Waals surface area (Å²) in [4.78, 5) is 0. The van der Waals surface area contributed by atoms with E-state index in [2.05, 4.69) is 287 Å². The van der Waals surface area contributed by atoms with Crippen LogP contribution in [0.1, 0.15) is 66.8 Å². The number of nitrogens with zero attached hydrogens (tertiary/aromatic N) is 7. The largest absolute Gasteiger partial charge is 0.309 e. The number of fused-ring (bicyclic) bond motifs is 9. The van der Waals surface area contributed by atoms with E-state index in [1.165, 1.54) is 66.8 Å². The molecule has 0 unspecified atom stereocenters. The topological polar surface area (TPSA) is 110 Å². The number of rotatable bonds is 9. The Morgan fingerprint density at radius 3 is 0.753 bits per heavy atom. The van der Waals surface area contributed by atoms with Gasteiger partial charge in [0, 0.05) is 38.0 Å². The molecule has 3 heterocycles. The molecule has 7 nitrogen and oxygen atoms in total. The summed E-state index contributed by atoms with van der Waals surface area (Å²) in [6.07, 6.45) is 0. The van der Waals surface area contributed by atoms with Crippen molar-refractivity contribution in [3.8, 4) is 108 Å². The minimum atomic E-state index is 0.376. The molecule has 0 N–H and O–H groups in total. The zero-order chi connectivity index (χ0) is 66.7. The highest BCUT2D eigenvalue weighted by atomic mass is 15.0. The number of hydrogen-bond donors (Lipinski definition) is 0. The second-order valence-corrected chi connectivity index (χ2v) is 26.1. The van der Waals surface area contributed by atoms with Gasteiger partial charge >= 0.3 is 0 Å². The molecular formula is C90H63N7. The fourth-order valence-electron chi connectivity index (χ4n) is 15.9. The van der Waals surface area contributed by atoms with Gasteiger partial charge in [0.05, 0.1) is 66.7 Å². The molecular weight excluding hydrogens is 1180 g/mol. The van der Waals surface area contributed by atoms with E-state index in [1.807, 2.05) is 42.5 Å². The summed E-state index contributed by atoms with van der Waals surface area (Å²) in [5, 5.41) is 51.6. The average molecular weight is 1240 g/mol. The van der Waals surface area contributed by atoms with Gasteiger partial charge in [0.2, 0.25) is 0 Å². The van der Waals surface area contributed by atoms with E-state index >= 15 is 0 Å². The maximum atomic E-state index is 11.4. The molecule has 458 valence electrons. The van der Waals surface area contributed by atoms with E-state index in [1.54, 1.807) is 0 Å². The Morgan fingerprint density at radius 2 is 0.485 bits per heavy atom. The second kappa shape index (κ2) is 23.1. The first-order chi connectivity index (χ1) is 47.2. The van der Waals surface area contributed by atoms with E-state index in [9.17, 15) is 21.0 Å². The Bertz CT molecular complexity index is 5540. The van der Waals surface area contributed by atoms with Crippen molar-refractivity contribution in [3.63, 3.8) is 0 Å². The summed E-state index contributed by atoms with van der Waals surface area (Å²) < 4.78 is 6.48. The van der Waals surface area contributed by atoms with Crippen molar-refractivity contribution in [1.29, 1.82) is 21.0 Å². The van der Waals surface area contributed by atoms with Gasteiger partial charge in [-0.15, -0.1) is 0 Å². The Labute approximate surface area is 563 Å². The van der Waals surface area contributed by atoms with Crippen molar-refractivity contribution in [2.24, 2.45) is 0 Å². The van der Waals surface area contributed by atoms with Gasteiger partial charge in [-0.25, -0.2) is 0 Å². The zero-order valence-corrected chi connectivity index (χ0v) is 55.1. The molecule has 0 amide bonds. The molecule has 97 heavy (non-hydrogen) atoms. The van der Waals surface area contributed by atoms with Gasteiger partial charge < -0.3 is 13.7 Å². The van der Waals surface area contributed by atoms with Gasteiger partial charge in [-0.1, -0.05) is 140 Å². The predicted molar refractivity (Wildman–Crippen MR) is 399 cm³/mol. The molecule has 0 aliphatic heterocycles. The third-order valence-electron chi connectivity index (χ3n) is 20.2. The van der Waals surface area contributed by atoms with Gasteiger partial charge in [-0.05, 0) is 264 Å². The lowest BCUT2D eigenvalue weighted by Crippen LogP contribution is -2.02. The van der Waals surface area contributed by atoms with Crippen molar-refractivity contribution >= 4 is 65.4 Å². The van der Waals surface area contributed by atoms with Gasteiger partial charge in [-0.2, -0.15) is 21.0 Å². The Morgan fingerprint density at radius 1 is 0.216 bits per heavy atom. The molecule has 3 aromatic heterocycles. The van der Waals surface area contributed by atoms with Crippen LogP contribution in [0.15, 0.2) is 237 Å². The molecule has 0 saturated carbocycles. The van der Waals surface area contributed by atoms with Gasteiger partial charge in [0.25, 0.3) is 0 Å². The summed E-state index contributed by atoms with van der Waals surface area (Å²) >= 11 is 0. The van der Waals surface area contributed by atoms with Crippen LogP contribution in [0.5, 0.6) is 0 Å². The van der Waals surface area contributed by atoms with E-state index < -0.39 is 0 Å². The minimum Gasteiger partial charge on any atom is -0.309 e. The van der Waals surface area contributed by atoms with Gasteiger partial charge in [-0.3, -0.25) is 0 Å². The van der Waals surface area contributed by atoms with Crippen LogP contribution >= 0.6 is 0 Å². The van der Waals surface area contributed by atoms with Crippen LogP contribution in [-0.2, 0) is 0 Å². The molecule has 0 saturated heterocycles. The third kappa shape index (κ3) is 9.43. The molecule has 0 atom stereocenters. The van der Waals surface area contributed by atoms with Crippen molar-refractivity contribution in [2.75, 3.05) is 0 Å². The number of nitriles is 4. The Kier molecular flexibility index (Phi) is 14.1. The molecule has 16 aromatic rings. The highest BCUT2D eigenvalue weighted by Crippen LogP contribution is 2.46. The maximum absolute atomic E-state index is 11.4. The van der Waals surface area contributed by atoms with E-state index in [-0.39, 0.29) is 0 Å². The molecule has 0 aliphatic carbocycles.